The molecule has 6 nitrogen and oxygen atoms in total. The van der Waals surface area contributed by atoms with Crippen molar-refractivity contribution in [2.75, 3.05) is 5.32 Å². The number of carbonyl (C=O) groups is 2. The number of hydrogen-bond acceptors (Lipinski definition) is 5. The summed E-state index contributed by atoms with van der Waals surface area (Å²) in [5.41, 5.74) is 1.70. The quantitative estimate of drug-likeness (QED) is 0.852. The van der Waals surface area contributed by atoms with Crippen LogP contribution in [0.2, 0.25) is 0 Å². The SMILES string of the molecule is Cc1nc(NC(=O)CCC(=O)N[C@H](C)c2ccccn2)sc1C. The number of carbonyl (C=O) groups excluding carboxylic acids is 2. The maximum atomic E-state index is 11.9. The number of anilines is 1. The molecule has 2 aromatic rings. The Bertz CT molecular complexity index is 665. The van der Waals surface area contributed by atoms with Gasteiger partial charge in [0, 0.05) is 23.9 Å². The summed E-state index contributed by atoms with van der Waals surface area (Å²) in [6.07, 6.45) is 1.94. The highest BCUT2D eigenvalue weighted by Crippen LogP contribution is 2.21. The van der Waals surface area contributed by atoms with Gasteiger partial charge in [0.25, 0.3) is 0 Å². The van der Waals surface area contributed by atoms with E-state index in [0.29, 0.717) is 5.13 Å². The summed E-state index contributed by atoms with van der Waals surface area (Å²) < 4.78 is 0. The molecule has 1 atom stereocenters. The highest BCUT2D eigenvalue weighted by atomic mass is 32.1. The van der Waals surface area contributed by atoms with Crippen molar-refractivity contribution in [2.24, 2.45) is 0 Å². The topological polar surface area (TPSA) is 84.0 Å². The zero-order valence-corrected chi connectivity index (χ0v) is 14.2. The second-order valence-corrected chi connectivity index (χ2v) is 6.46. The van der Waals surface area contributed by atoms with E-state index >= 15 is 0 Å². The Morgan fingerprint density at radius 3 is 2.57 bits per heavy atom. The summed E-state index contributed by atoms with van der Waals surface area (Å²) >= 11 is 1.43. The van der Waals surface area contributed by atoms with Crippen LogP contribution < -0.4 is 10.6 Å². The summed E-state index contributed by atoms with van der Waals surface area (Å²) in [6.45, 7) is 5.71. The van der Waals surface area contributed by atoms with Crippen LogP contribution in [0, 0.1) is 13.8 Å². The summed E-state index contributed by atoms with van der Waals surface area (Å²) in [6, 6.07) is 5.36. The fourth-order valence-electron chi connectivity index (χ4n) is 1.95. The second kappa shape index (κ2) is 7.82. The molecular formula is C16H20N4O2S. The van der Waals surface area contributed by atoms with Gasteiger partial charge in [0.2, 0.25) is 11.8 Å². The van der Waals surface area contributed by atoms with Gasteiger partial charge in [-0.1, -0.05) is 6.07 Å². The van der Waals surface area contributed by atoms with Crippen molar-refractivity contribution in [3.8, 4) is 0 Å². The highest BCUT2D eigenvalue weighted by Gasteiger charge is 2.13. The average Bonchev–Trinajstić information content (AvgIpc) is 2.84. The minimum Gasteiger partial charge on any atom is -0.348 e. The normalized spacial score (nSPS) is 11.8. The summed E-state index contributed by atoms with van der Waals surface area (Å²) in [4.78, 5) is 33.3. The summed E-state index contributed by atoms with van der Waals surface area (Å²) in [5, 5.41) is 6.13. The molecule has 0 spiro atoms. The van der Waals surface area contributed by atoms with E-state index in [4.69, 9.17) is 0 Å². The second-order valence-electron chi connectivity index (χ2n) is 5.25. The molecule has 2 aromatic heterocycles. The van der Waals surface area contributed by atoms with Gasteiger partial charge in [-0.05, 0) is 32.9 Å². The van der Waals surface area contributed by atoms with Crippen LogP contribution in [0.4, 0.5) is 5.13 Å². The first-order chi connectivity index (χ1) is 11.0. The first-order valence-electron chi connectivity index (χ1n) is 7.40. The molecule has 122 valence electrons. The third-order valence-electron chi connectivity index (χ3n) is 3.36. The standard InChI is InChI=1S/C16H20N4O2S/c1-10-12(3)23-16(19-10)20-15(22)8-7-14(21)18-11(2)13-6-4-5-9-17-13/h4-6,9,11H,7-8H2,1-3H3,(H,18,21)(H,19,20,22)/t11-/m1/s1. The molecule has 0 radical (unpaired) electrons. The van der Waals surface area contributed by atoms with Gasteiger partial charge in [-0.2, -0.15) is 0 Å². The Hall–Kier alpha value is -2.28. The van der Waals surface area contributed by atoms with Gasteiger partial charge in [0.1, 0.15) is 0 Å². The lowest BCUT2D eigenvalue weighted by Crippen LogP contribution is -2.28. The van der Waals surface area contributed by atoms with Crippen LogP contribution in [-0.2, 0) is 9.59 Å². The number of pyridine rings is 1. The minimum atomic E-state index is -0.209. The third kappa shape index (κ3) is 5.14. The molecule has 0 fully saturated rings. The first-order valence-corrected chi connectivity index (χ1v) is 8.21. The Labute approximate surface area is 139 Å². The maximum absolute atomic E-state index is 11.9. The van der Waals surface area contributed by atoms with Crippen LogP contribution in [0.25, 0.3) is 0 Å². The fourth-order valence-corrected chi connectivity index (χ4v) is 2.79. The zero-order valence-electron chi connectivity index (χ0n) is 13.4. The molecule has 0 bridgehead atoms. The number of amides is 2. The smallest absolute Gasteiger partial charge is 0.226 e. The number of aryl methyl sites for hydroxylation is 2. The Morgan fingerprint density at radius 2 is 1.96 bits per heavy atom. The van der Waals surface area contributed by atoms with Gasteiger partial charge in [-0.15, -0.1) is 11.3 Å². The molecule has 0 aliphatic carbocycles. The Balaban J connectivity index is 1.76. The maximum Gasteiger partial charge on any atom is 0.226 e. The van der Waals surface area contributed by atoms with E-state index in [1.54, 1.807) is 6.20 Å². The predicted octanol–water partition coefficient (Wildman–Crippen LogP) is 2.75. The van der Waals surface area contributed by atoms with E-state index in [0.717, 1.165) is 16.3 Å². The first kappa shape index (κ1) is 17.1. The molecule has 2 N–H and O–H groups in total. The van der Waals surface area contributed by atoms with Crippen LogP contribution in [0.15, 0.2) is 24.4 Å². The molecule has 2 rings (SSSR count). The lowest BCUT2D eigenvalue weighted by atomic mass is 10.2. The predicted molar refractivity (Wildman–Crippen MR) is 90.2 cm³/mol. The molecule has 0 saturated heterocycles. The molecule has 0 saturated carbocycles. The number of aromatic nitrogens is 2. The van der Waals surface area contributed by atoms with Crippen molar-refractivity contribution < 1.29 is 9.59 Å². The Kier molecular flexibility index (Phi) is 5.81. The van der Waals surface area contributed by atoms with Crippen LogP contribution in [0.1, 0.15) is 42.1 Å². The monoisotopic (exact) mass is 332 g/mol. The van der Waals surface area contributed by atoms with Gasteiger partial charge in [-0.3, -0.25) is 14.6 Å². The van der Waals surface area contributed by atoms with Crippen molar-refractivity contribution in [3.63, 3.8) is 0 Å². The van der Waals surface area contributed by atoms with Crippen LogP contribution >= 0.6 is 11.3 Å². The van der Waals surface area contributed by atoms with E-state index in [1.807, 2.05) is 39.0 Å². The molecule has 0 aliphatic rings. The number of nitrogens with zero attached hydrogens (tertiary/aromatic N) is 2. The van der Waals surface area contributed by atoms with E-state index in [-0.39, 0.29) is 30.7 Å². The summed E-state index contributed by atoms with van der Waals surface area (Å²) in [7, 11) is 0. The van der Waals surface area contributed by atoms with Crippen molar-refractivity contribution in [1.29, 1.82) is 0 Å². The van der Waals surface area contributed by atoms with Crippen LogP contribution in [0.3, 0.4) is 0 Å². The molecule has 23 heavy (non-hydrogen) atoms. The van der Waals surface area contributed by atoms with Gasteiger partial charge < -0.3 is 10.6 Å². The van der Waals surface area contributed by atoms with Crippen molar-refractivity contribution in [1.82, 2.24) is 15.3 Å². The van der Waals surface area contributed by atoms with Crippen molar-refractivity contribution in [2.45, 2.75) is 39.7 Å². The highest BCUT2D eigenvalue weighted by molar-refractivity contribution is 7.15. The number of hydrogen-bond donors (Lipinski definition) is 2. The molecule has 2 amide bonds. The van der Waals surface area contributed by atoms with Crippen molar-refractivity contribution in [3.05, 3.63) is 40.7 Å². The molecular weight excluding hydrogens is 312 g/mol. The Morgan fingerprint density at radius 1 is 1.22 bits per heavy atom. The van der Waals surface area contributed by atoms with Crippen molar-refractivity contribution >= 4 is 28.3 Å². The van der Waals surface area contributed by atoms with E-state index in [9.17, 15) is 9.59 Å². The van der Waals surface area contributed by atoms with Crippen LogP contribution in [0.5, 0.6) is 0 Å². The third-order valence-corrected chi connectivity index (χ3v) is 4.35. The molecule has 0 aromatic carbocycles. The van der Waals surface area contributed by atoms with Gasteiger partial charge in [0.15, 0.2) is 5.13 Å². The van der Waals surface area contributed by atoms with Gasteiger partial charge in [-0.25, -0.2) is 4.98 Å². The number of nitrogens with one attached hydrogen (secondary N) is 2. The zero-order chi connectivity index (χ0) is 16.8. The van der Waals surface area contributed by atoms with Gasteiger partial charge >= 0.3 is 0 Å². The number of thiazole rings is 1. The van der Waals surface area contributed by atoms with Crippen LogP contribution in [-0.4, -0.2) is 21.8 Å². The molecule has 0 aliphatic heterocycles. The minimum absolute atomic E-state index is 0.123. The largest absolute Gasteiger partial charge is 0.348 e. The summed E-state index contributed by atoms with van der Waals surface area (Å²) in [5.74, 6) is -0.385. The number of rotatable bonds is 6. The fraction of sp³-hybridized carbons (Fsp3) is 0.375. The van der Waals surface area contributed by atoms with E-state index in [2.05, 4.69) is 20.6 Å². The average molecular weight is 332 g/mol. The van der Waals surface area contributed by atoms with E-state index < -0.39 is 0 Å². The molecule has 2 heterocycles. The lowest BCUT2D eigenvalue weighted by Gasteiger charge is -2.13. The molecule has 0 unspecified atom stereocenters. The lowest BCUT2D eigenvalue weighted by molar-refractivity contribution is -0.124. The van der Waals surface area contributed by atoms with Gasteiger partial charge in [0.05, 0.1) is 17.4 Å². The van der Waals surface area contributed by atoms with E-state index in [1.165, 1.54) is 11.3 Å². The molecule has 7 heteroatoms.